The molecule has 36 heavy (non-hydrogen) atoms. The molecule has 0 spiro atoms. The molecule has 2 unspecified atom stereocenters. The SMILES string of the molecule is CC(C)CC(C(=O)N(C)C#N)c1cccc(-c2ccc(OC3CCN(C(=O)OC(C)(C)C)C3)cc2)c1. The highest BCUT2D eigenvalue weighted by Gasteiger charge is 2.31. The third-order valence-electron chi connectivity index (χ3n) is 6.06. The molecule has 1 aliphatic rings. The average molecular weight is 492 g/mol. The fraction of sp³-hybridized carbons (Fsp3) is 0.483. The Morgan fingerprint density at radius 2 is 1.83 bits per heavy atom. The van der Waals surface area contributed by atoms with Crippen LogP contribution in [0.3, 0.4) is 0 Å². The first kappa shape index (κ1) is 27.1. The van der Waals surface area contributed by atoms with Gasteiger partial charge in [-0.15, -0.1) is 0 Å². The van der Waals surface area contributed by atoms with Gasteiger partial charge in [0, 0.05) is 20.0 Å². The lowest BCUT2D eigenvalue weighted by Gasteiger charge is -2.24. The van der Waals surface area contributed by atoms with Crippen LogP contribution in [0.1, 0.15) is 58.9 Å². The zero-order valence-electron chi connectivity index (χ0n) is 22.2. The summed E-state index contributed by atoms with van der Waals surface area (Å²) in [5.74, 6) is 0.499. The van der Waals surface area contributed by atoms with E-state index in [9.17, 15) is 14.9 Å². The van der Waals surface area contributed by atoms with Gasteiger partial charge in [-0.25, -0.2) is 4.79 Å². The van der Waals surface area contributed by atoms with Gasteiger partial charge in [0.1, 0.15) is 17.5 Å². The number of benzene rings is 2. The van der Waals surface area contributed by atoms with Crippen LogP contribution in [0.15, 0.2) is 48.5 Å². The summed E-state index contributed by atoms with van der Waals surface area (Å²) in [5.41, 5.74) is 2.39. The molecule has 1 heterocycles. The molecule has 2 amide bonds. The van der Waals surface area contributed by atoms with Crippen molar-refractivity contribution in [1.29, 1.82) is 5.26 Å². The maximum absolute atomic E-state index is 12.9. The Bertz CT molecular complexity index is 1100. The summed E-state index contributed by atoms with van der Waals surface area (Å²) < 4.78 is 11.6. The number of nitriles is 1. The topological polar surface area (TPSA) is 82.9 Å². The second-order valence-corrected chi connectivity index (χ2v) is 10.8. The van der Waals surface area contributed by atoms with Crippen molar-refractivity contribution in [2.75, 3.05) is 20.1 Å². The molecule has 3 rings (SSSR count). The number of rotatable bonds is 7. The molecule has 2 aromatic rings. The standard InChI is InChI=1S/C29H37N3O4/c1-20(2)16-26(27(33)31(6)19-30)23-9-7-8-22(17-23)21-10-12-24(13-11-21)35-25-14-15-32(18-25)28(34)36-29(3,4)5/h7-13,17,20,25-26H,14-16,18H2,1-6H3. The van der Waals surface area contributed by atoms with Gasteiger partial charge in [0.25, 0.3) is 0 Å². The quantitative estimate of drug-likeness (QED) is 0.360. The van der Waals surface area contributed by atoms with Gasteiger partial charge in [0.15, 0.2) is 6.19 Å². The number of likely N-dealkylation sites (N-methyl/N-ethyl adjacent to an activating group) is 1. The number of carbonyl (C=O) groups is 2. The molecule has 192 valence electrons. The molecule has 1 aliphatic heterocycles. The third-order valence-corrected chi connectivity index (χ3v) is 6.06. The van der Waals surface area contributed by atoms with Crippen molar-refractivity contribution < 1.29 is 19.1 Å². The number of amides is 2. The highest BCUT2D eigenvalue weighted by atomic mass is 16.6. The van der Waals surface area contributed by atoms with E-state index in [0.717, 1.165) is 33.8 Å². The largest absolute Gasteiger partial charge is 0.489 e. The van der Waals surface area contributed by atoms with E-state index >= 15 is 0 Å². The smallest absolute Gasteiger partial charge is 0.410 e. The lowest BCUT2D eigenvalue weighted by atomic mass is 9.87. The minimum Gasteiger partial charge on any atom is -0.489 e. The van der Waals surface area contributed by atoms with E-state index in [1.165, 1.54) is 7.05 Å². The van der Waals surface area contributed by atoms with E-state index in [2.05, 4.69) is 13.8 Å². The van der Waals surface area contributed by atoms with Crippen molar-refractivity contribution in [2.45, 2.75) is 65.1 Å². The molecule has 0 N–H and O–H groups in total. The second kappa shape index (κ2) is 11.5. The van der Waals surface area contributed by atoms with Gasteiger partial charge in [0.2, 0.25) is 5.91 Å². The number of hydrogen-bond acceptors (Lipinski definition) is 5. The maximum Gasteiger partial charge on any atom is 0.410 e. The fourth-order valence-electron chi connectivity index (χ4n) is 4.30. The minimum atomic E-state index is -0.517. The maximum atomic E-state index is 12.9. The number of ether oxygens (including phenoxy) is 2. The van der Waals surface area contributed by atoms with Gasteiger partial charge in [-0.2, -0.15) is 5.26 Å². The minimum absolute atomic E-state index is 0.0772. The summed E-state index contributed by atoms with van der Waals surface area (Å²) in [5, 5.41) is 9.20. The van der Waals surface area contributed by atoms with Crippen molar-refractivity contribution in [2.24, 2.45) is 5.92 Å². The van der Waals surface area contributed by atoms with E-state index in [4.69, 9.17) is 9.47 Å². The van der Waals surface area contributed by atoms with Crippen LogP contribution in [0, 0.1) is 17.4 Å². The predicted molar refractivity (Wildman–Crippen MR) is 139 cm³/mol. The number of hydrogen-bond donors (Lipinski definition) is 0. The first-order chi connectivity index (χ1) is 17.0. The van der Waals surface area contributed by atoms with E-state index < -0.39 is 5.60 Å². The first-order valence-corrected chi connectivity index (χ1v) is 12.5. The van der Waals surface area contributed by atoms with Crippen LogP contribution in [0.4, 0.5) is 4.79 Å². The Kier molecular flexibility index (Phi) is 8.62. The normalized spacial score (nSPS) is 16.4. The summed E-state index contributed by atoms with van der Waals surface area (Å²) >= 11 is 0. The molecule has 0 saturated carbocycles. The van der Waals surface area contributed by atoms with Crippen molar-refractivity contribution >= 4 is 12.0 Å². The molecule has 2 atom stereocenters. The number of carbonyl (C=O) groups excluding carboxylic acids is 2. The molecular formula is C29H37N3O4. The highest BCUT2D eigenvalue weighted by molar-refractivity contribution is 5.85. The van der Waals surface area contributed by atoms with Gasteiger partial charge in [-0.05, 0) is 61.9 Å². The second-order valence-electron chi connectivity index (χ2n) is 10.8. The Morgan fingerprint density at radius 1 is 1.14 bits per heavy atom. The van der Waals surface area contributed by atoms with Crippen molar-refractivity contribution in [3.05, 3.63) is 54.1 Å². The average Bonchev–Trinajstić information content (AvgIpc) is 3.30. The summed E-state index contributed by atoms with van der Waals surface area (Å²) in [6, 6.07) is 15.8. The molecule has 7 heteroatoms. The predicted octanol–water partition coefficient (Wildman–Crippen LogP) is 5.81. The number of nitrogens with zero attached hydrogens (tertiary/aromatic N) is 3. The Morgan fingerprint density at radius 3 is 2.44 bits per heavy atom. The Balaban J connectivity index is 1.69. The van der Waals surface area contributed by atoms with Crippen LogP contribution < -0.4 is 4.74 Å². The highest BCUT2D eigenvalue weighted by Crippen LogP contribution is 2.31. The van der Waals surface area contributed by atoms with E-state index in [-0.39, 0.29) is 24.0 Å². The third kappa shape index (κ3) is 7.24. The summed E-state index contributed by atoms with van der Waals surface area (Å²) in [6.45, 7) is 10.8. The van der Waals surface area contributed by atoms with Gasteiger partial charge in [-0.1, -0.05) is 50.2 Å². The van der Waals surface area contributed by atoms with Crippen molar-refractivity contribution in [3.8, 4) is 23.1 Å². The zero-order valence-corrected chi connectivity index (χ0v) is 22.2. The monoisotopic (exact) mass is 491 g/mol. The van der Waals surface area contributed by atoms with Gasteiger partial charge in [-0.3, -0.25) is 9.69 Å². The van der Waals surface area contributed by atoms with E-state index in [0.29, 0.717) is 25.4 Å². The molecule has 0 bridgehead atoms. The number of likely N-dealkylation sites (tertiary alicyclic amines) is 1. The molecule has 0 radical (unpaired) electrons. The first-order valence-electron chi connectivity index (χ1n) is 12.5. The van der Waals surface area contributed by atoms with Crippen LogP contribution in [0.5, 0.6) is 5.75 Å². The zero-order chi connectivity index (χ0) is 26.5. The summed E-state index contributed by atoms with van der Waals surface area (Å²) in [6.07, 6.45) is 2.97. The van der Waals surface area contributed by atoms with Crippen LogP contribution in [-0.2, 0) is 9.53 Å². The van der Waals surface area contributed by atoms with Crippen LogP contribution >= 0.6 is 0 Å². The van der Waals surface area contributed by atoms with Crippen LogP contribution in [0.2, 0.25) is 0 Å². The molecule has 0 aromatic heterocycles. The molecule has 7 nitrogen and oxygen atoms in total. The lowest BCUT2D eigenvalue weighted by molar-refractivity contribution is -0.129. The summed E-state index contributed by atoms with van der Waals surface area (Å²) in [7, 11) is 1.51. The van der Waals surface area contributed by atoms with Crippen LogP contribution in [0.25, 0.3) is 11.1 Å². The Hall–Kier alpha value is -3.53. The van der Waals surface area contributed by atoms with Crippen molar-refractivity contribution in [1.82, 2.24) is 9.80 Å². The molecule has 2 aromatic carbocycles. The fourth-order valence-corrected chi connectivity index (χ4v) is 4.30. The molecule has 1 saturated heterocycles. The molecular weight excluding hydrogens is 454 g/mol. The van der Waals surface area contributed by atoms with Crippen molar-refractivity contribution in [3.63, 3.8) is 0 Å². The lowest BCUT2D eigenvalue weighted by Crippen LogP contribution is -2.36. The molecule has 1 fully saturated rings. The molecule has 0 aliphatic carbocycles. The van der Waals surface area contributed by atoms with E-state index in [1.807, 2.05) is 75.5 Å². The Labute approximate surface area is 214 Å². The van der Waals surface area contributed by atoms with Crippen LogP contribution in [-0.4, -0.2) is 53.6 Å². The van der Waals surface area contributed by atoms with Gasteiger partial charge in [0.05, 0.1) is 12.5 Å². The summed E-state index contributed by atoms with van der Waals surface area (Å²) in [4.78, 5) is 28.0. The van der Waals surface area contributed by atoms with E-state index in [1.54, 1.807) is 4.90 Å². The van der Waals surface area contributed by atoms with Gasteiger partial charge >= 0.3 is 6.09 Å². The van der Waals surface area contributed by atoms with Gasteiger partial charge < -0.3 is 14.4 Å².